The van der Waals surface area contributed by atoms with Crippen molar-refractivity contribution in [3.63, 3.8) is 0 Å². The van der Waals surface area contributed by atoms with E-state index in [0.717, 1.165) is 12.1 Å². The number of aromatic nitrogens is 2. The van der Waals surface area contributed by atoms with E-state index in [2.05, 4.69) is 15.3 Å². The molecule has 0 spiro atoms. The average molecular weight is 396 g/mol. The molecule has 2 aromatic carbocycles. The molecule has 0 aliphatic rings. The molecule has 146 valence electrons. The number of hydrogen-bond acceptors (Lipinski definition) is 6. The van der Waals surface area contributed by atoms with Gasteiger partial charge in [0, 0.05) is 12.3 Å². The minimum Gasteiger partial charge on any atom is -0.489 e. The van der Waals surface area contributed by atoms with Gasteiger partial charge in [0.1, 0.15) is 40.9 Å². The summed E-state index contributed by atoms with van der Waals surface area (Å²) in [5.41, 5.74) is 6.58. The fraction of sp³-hybridized carbons (Fsp3) is 0.0500. The van der Waals surface area contributed by atoms with Crippen LogP contribution in [0.5, 0.6) is 5.75 Å². The van der Waals surface area contributed by atoms with E-state index in [0.29, 0.717) is 22.4 Å². The highest BCUT2D eigenvalue weighted by Gasteiger charge is 2.13. The Morgan fingerprint density at radius 2 is 1.93 bits per heavy atom. The Labute approximate surface area is 163 Å². The highest BCUT2D eigenvalue weighted by molar-refractivity contribution is 5.90. The van der Waals surface area contributed by atoms with E-state index in [1.807, 2.05) is 0 Å². The topological polar surface area (TPSA) is 103 Å². The van der Waals surface area contributed by atoms with Crippen LogP contribution in [0.25, 0.3) is 11.1 Å². The van der Waals surface area contributed by atoms with Gasteiger partial charge in [0.05, 0.1) is 0 Å². The lowest BCUT2D eigenvalue weighted by Gasteiger charge is -2.06. The van der Waals surface area contributed by atoms with E-state index in [-0.39, 0.29) is 24.0 Å². The number of anilines is 2. The van der Waals surface area contributed by atoms with Gasteiger partial charge in [-0.15, -0.1) is 0 Å². The molecule has 7 nitrogen and oxygen atoms in total. The van der Waals surface area contributed by atoms with Crippen molar-refractivity contribution < 1.29 is 22.7 Å². The van der Waals surface area contributed by atoms with Crippen molar-refractivity contribution in [3.8, 4) is 5.75 Å². The molecule has 4 rings (SSSR count). The standard InChI is InChI=1S/C20H14F2N4O3/c21-13-2-1-3-14(22)18(13)26-20-25-15-9-12(4-5-17(15)29-20)28-10-11-6-7-24-16(8-11)19(23)27/h1-9H,10H2,(H2,23,27)(H,25,26). The highest BCUT2D eigenvalue weighted by Crippen LogP contribution is 2.28. The molecule has 0 radical (unpaired) electrons. The van der Waals surface area contributed by atoms with Gasteiger partial charge in [0.15, 0.2) is 5.58 Å². The summed E-state index contributed by atoms with van der Waals surface area (Å²) in [4.78, 5) is 19.2. The smallest absolute Gasteiger partial charge is 0.300 e. The summed E-state index contributed by atoms with van der Waals surface area (Å²) in [5.74, 6) is -1.65. The van der Waals surface area contributed by atoms with Gasteiger partial charge in [-0.25, -0.2) is 8.78 Å². The molecular formula is C20H14F2N4O3. The first-order valence-electron chi connectivity index (χ1n) is 8.49. The van der Waals surface area contributed by atoms with Gasteiger partial charge in [-0.05, 0) is 42.0 Å². The van der Waals surface area contributed by atoms with Crippen molar-refractivity contribution in [2.75, 3.05) is 5.32 Å². The molecule has 2 aromatic heterocycles. The number of oxazole rings is 1. The van der Waals surface area contributed by atoms with Crippen molar-refractivity contribution in [1.29, 1.82) is 0 Å². The summed E-state index contributed by atoms with van der Waals surface area (Å²) in [6.45, 7) is 0.178. The third kappa shape index (κ3) is 3.98. The average Bonchev–Trinajstić information content (AvgIpc) is 3.11. The summed E-state index contributed by atoms with van der Waals surface area (Å²) in [5, 5.41) is 2.50. The second-order valence-electron chi connectivity index (χ2n) is 6.07. The molecule has 0 fully saturated rings. The third-order valence-electron chi connectivity index (χ3n) is 4.04. The van der Waals surface area contributed by atoms with Crippen molar-refractivity contribution in [1.82, 2.24) is 9.97 Å². The maximum Gasteiger partial charge on any atom is 0.300 e. The molecule has 2 heterocycles. The second kappa shape index (κ2) is 7.55. The number of primary amides is 1. The molecule has 0 bridgehead atoms. The highest BCUT2D eigenvalue weighted by atomic mass is 19.1. The van der Waals surface area contributed by atoms with Crippen molar-refractivity contribution in [2.24, 2.45) is 5.73 Å². The molecule has 0 atom stereocenters. The van der Waals surface area contributed by atoms with Crippen LogP contribution in [0, 0.1) is 11.6 Å². The molecular weight excluding hydrogens is 382 g/mol. The minimum absolute atomic E-state index is 0.0543. The number of hydrogen-bond donors (Lipinski definition) is 2. The van der Waals surface area contributed by atoms with Gasteiger partial charge >= 0.3 is 0 Å². The summed E-state index contributed by atoms with van der Waals surface area (Å²) < 4.78 is 38.7. The SMILES string of the molecule is NC(=O)c1cc(COc2ccc3oc(Nc4c(F)cccc4F)nc3c2)ccn1. The number of pyridine rings is 1. The third-order valence-corrected chi connectivity index (χ3v) is 4.04. The predicted molar refractivity (Wildman–Crippen MR) is 101 cm³/mol. The Morgan fingerprint density at radius 1 is 1.14 bits per heavy atom. The number of ether oxygens (including phenoxy) is 1. The summed E-state index contributed by atoms with van der Waals surface area (Å²) in [6, 6.07) is 11.6. The molecule has 3 N–H and O–H groups in total. The summed E-state index contributed by atoms with van der Waals surface area (Å²) in [7, 11) is 0. The Hall–Kier alpha value is -4.01. The molecule has 1 amide bonds. The van der Waals surface area contributed by atoms with Crippen LogP contribution in [-0.2, 0) is 6.61 Å². The van der Waals surface area contributed by atoms with Gasteiger partial charge in [-0.1, -0.05) is 6.07 Å². The predicted octanol–water partition coefficient (Wildman–Crippen LogP) is 3.92. The molecule has 0 saturated heterocycles. The van der Waals surface area contributed by atoms with Crippen LogP contribution in [0.4, 0.5) is 20.5 Å². The molecule has 4 aromatic rings. The van der Waals surface area contributed by atoms with Crippen LogP contribution in [0.2, 0.25) is 0 Å². The maximum atomic E-state index is 13.8. The van der Waals surface area contributed by atoms with Crippen molar-refractivity contribution in [2.45, 2.75) is 6.61 Å². The Bertz CT molecular complexity index is 1190. The van der Waals surface area contributed by atoms with Crippen LogP contribution in [-0.4, -0.2) is 15.9 Å². The molecule has 0 aliphatic heterocycles. The Kier molecular flexibility index (Phi) is 4.78. The van der Waals surface area contributed by atoms with E-state index in [1.54, 1.807) is 30.3 Å². The Balaban J connectivity index is 1.51. The van der Waals surface area contributed by atoms with Crippen molar-refractivity contribution in [3.05, 3.63) is 77.6 Å². The molecule has 29 heavy (non-hydrogen) atoms. The van der Waals surface area contributed by atoms with Crippen LogP contribution < -0.4 is 15.8 Å². The largest absolute Gasteiger partial charge is 0.489 e. The first-order chi connectivity index (χ1) is 14.0. The van der Waals surface area contributed by atoms with Crippen LogP contribution in [0.3, 0.4) is 0 Å². The van der Waals surface area contributed by atoms with Crippen molar-refractivity contribution >= 4 is 28.7 Å². The number of carbonyl (C=O) groups is 1. The van der Waals surface area contributed by atoms with Gasteiger partial charge in [-0.3, -0.25) is 9.78 Å². The Morgan fingerprint density at radius 3 is 2.69 bits per heavy atom. The van der Waals surface area contributed by atoms with E-state index in [9.17, 15) is 13.6 Å². The number of nitrogens with two attached hydrogens (primary N) is 1. The lowest BCUT2D eigenvalue weighted by Crippen LogP contribution is -2.13. The lowest BCUT2D eigenvalue weighted by atomic mass is 10.2. The van der Waals surface area contributed by atoms with E-state index >= 15 is 0 Å². The van der Waals surface area contributed by atoms with Gasteiger partial charge in [-0.2, -0.15) is 4.98 Å². The maximum absolute atomic E-state index is 13.8. The van der Waals surface area contributed by atoms with Crippen LogP contribution in [0.15, 0.2) is 59.1 Å². The zero-order chi connectivity index (χ0) is 20.4. The zero-order valence-corrected chi connectivity index (χ0v) is 14.9. The number of nitrogens with zero attached hydrogens (tertiary/aromatic N) is 2. The number of halogens is 2. The van der Waals surface area contributed by atoms with Crippen LogP contribution >= 0.6 is 0 Å². The fourth-order valence-corrected chi connectivity index (χ4v) is 2.64. The fourth-order valence-electron chi connectivity index (χ4n) is 2.64. The van der Waals surface area contributed by atoms with Crippen LogP contribution in [0.1, 0.15) is 16.1 Å². The molecule has 0 unspecified atom stereocenters. The van der Waals surface area contributed by atoms with Gasteiger partial charge in [0.25, 0.3) is 11.9 Å². The molecule has 9 heteroatoms. The minimum atomic E-state index is -0.760. The normalized spacial score (nSPS) is 10.8. The number of para-hydroxylation sites is 1. The monoisotopic (exact) mass is 396 g/mol. The summed E-state index contributed by atoms with van der Waals surface area (Å²) >= 11 is 0. The lowest BCUT2D eigenvalue weighted by molar-refractivity contribution is 0.0995. The molecule has 0 saturated carbocycles. The number of amides is 1. The second-order valence-corrected chi connectivity index (χ2v) is 6.07. The number of benzene rings is 2. The summed E-state index contributed by atoms with van der Waals surface area (Å²) in [6.07, 6.45) is 1.47. The number of rotatable bonds is 6. The number of nitrogens with one attached hydrogen (secondary N) is 1. The number of carbonyl (C=O) groups excluding carboxylic acids is 1. The van der Waals surface area contributed by atoms with E-state index in [4.69, 9.17) is 14.9 Å². The first-order valence-corrected chi connectivity index (χ1v) is 8.49. The van der Waals surface area contributed by atoms with E-state index < -0.39 is 17.5 Å². The van der Waals surface area contributed by atoms with Gasteiger partial charge in [0.2, 0.25) is 0 Å². The quantitative estimate of drug-likeness (QED) is 0.512. The zero-order valence-electron chi connectivity index (χ0n) is 14.9. The number of fused-ring (bicyclic) bond motifs is 1. The van der Waals surface area contributed by atoms with E-state index in [1.165, 1.54) is 12.3 Å². The van der Waals surface area contributed by atoms with Gasteiger partial charge < -0.3 is 20.2 Å². The first kappa shape index (κ1) is 18.4. The molecule has 0 aliphatic carbocycles.